The predicted molar refractivity (Wildman–Crippen MR) is 98.7 cm³/mol. The number of aromatic nitrogens is 1. The Balaban J connectivity index is 1.86. The number of hydrogen-bond donors (Lipinski definition) is 2. The molecule has 2 aromatic rings. The monoisotopic (exact) mass is 347 g/mol. The second-order valence-electron chi connectivity index (χ2n) is 6.69. The van der Waals surface area contributed by atoms with E-state index in [-0.39, 0.29) is 5.54 Å². The highest BCUT2D eigenvalue weighted by molar-refractivity contribution is 7.09. The number of benzene rings is 1. The van der Waals surface area contributed by atoms with Crippen LogP contribution in [0.3, 0.4) is 0 Å². The summed E-state index contributed by atoms with van der Waals surface area (Å²) < 4.78 is 0. The van der Waals surface area contributed by atoms with Crippen LogP contribution in [0.15, 0.2) is 35.8 Å². The Labute approximate surface area is 147 Å². The van der Waals surface area contributed by atoms with Crippen LogP contribution in [0.2, 0.25) is 0 Å². The summed E-state index contributed by atoms with van der Waals surface area (Å²) in [7, 11) is 0. The van der Waals surface area contributed by atoms with Gasteiger partial charge in [0.2, 0.25) is 0 Å². The number of carbonyl (C=O) groups is 1. The first-order valence-electron chi connectivity index (χ1n) is 8.08. The largest absolute Gasteiger partial charge is 0.465 e. The molecule has 1 aromatic carbocycles. The molecule has 1 heterocycles. The molecular formula is C18H25N3O2S. The molecule has 0 saturated heterocycles. The van der Waals surface area contributed by atoms with Crippen LogP contribution in [0.4, 0.5) is 10.5 Å². The van der Waals surface area contributed by atoms with Crippen LogP contribution in [0.5, 0.6) is 0 Å². The summed E-state index contributed by atoms with van der Waals surface area (Å²) in [5, 5.41) is 15.7. The molecule has 1 aromatic heterocycles. The average molecular weight is 347 g/mol. The number of amides is 1. The molecular weight excluding hydrogens is 322 g/mol. The fourth-order valence-corrected chi connectivity index (χ4v) is 3.07. The predicted octanol–water partition coefficient (Wildman–Crippen LogP) is 4.47. The second-order valence-corrected chi connectivity index (χ2v) is 7.67. The van der Waals surface area contributed by atoms with Gasteiger partial charge >= 0.3 is 6.09 Å². The lowest BCUT2D eigenvalue weighted by Gasteiger charge is -2.33. The van der Waals surface area contributed by atoms with E-state index in [1.165, 1.54) is 10.5 Å². The van der Waals surface area contributed by atoms with Gasteiger partial charge in [-0.2, -0.15) is 0 Å². The summed E-state index contributed by atoms with van der Waals surface area (Å²) >= 11 is 1.63. The van der Waals surface area contributed by atoms with E-state index in [4.69, 9.17) is 0 Å². The SMILES string of the molecule is CC(C)(C)N(CCCc1cccc(NCc2nccs2)c1)C(=O)O. The third-order valence-corrected chi connectivity index (χ3v) is 4.52. The zero-order valence-electron chi connectivity index (χ0n) is 14.5. The molecule has 0 radical (unpaired) electrons. The maximum atomic E-state index is 11.4. The maximum Gasteiger partial charge on any atom is 0.407 e. The topological polar surface area (TPSA) is 65.5 Å². The van der Waals surface area contributed by atoms with E-state index in [1.807, 2.05) is 44.5 Å². The van der Waals surface area contributed by atoms with E-state index < -0.39 is 6.09 Å². The number of aryl methyl sites for hydroxylation is 1. The molecule has 1 amide bonds. The minimum Gasteiger partial charge on any atom is -0.465 e. The van der Waals surface area contributed by atoms with Crippen LogP contribution >= 0.6 is 11.3 Å². The summed E-state index contributed by atoms with van der Waals surface area (Å²) in [4.78, 5) is 17.1. The van der Waals surface area contributed by atoms with Crippen LogP contribution in [-0.2, 0) is 13.0 Å². The minimum absolute atomic E-state index is 0.372. The zero-order valence-corrected chi connectivity index (χ0v) is 15.3. The summed E-state index contributed by atoms with van der Waals surface area (Å²) in [6.07, 6.45) is 2.61. The Morgan fingerprint density at radius 2 is 2.17 bits per heavy atom. The van der Waals surface area contributed by atoms with E-state index in [0.717, 1.165) is 30.1 Å². The highest BCUT2D eigenvalue weighted by Crippen LogP contribution is 2.17. The molecule has 130 valence electrons. The van der Waals surface area contributed by atoms with Gasteiger partial charge in [-0.05, 0) is 51.3 Å². The fourth-order valence-electron chi connectivity index (χ4n) is 2.51. The van der Waals surface area contributed by atoms with Gasteiger partial charge in [-0.1, -0.05) is 12.1 Å². The highest BCUT2D eigenvalue weighted by Gasteiger charge is 2.25. The summed E-state index contributed by atoms with van der Waals surface area (Å²) in [6, 6.07) is 8.26. The van der Waals surface area contributed by atoms with E-state index in [0.29, 0.717) is 6.54 Å². The number of nitrogens with one attached hydrogen (secondary N) is 1. The molecule has 0 spiro atoms. The van der Waals surface area contributed by atoms with Gasteiger partial charge in [0, 0.05) is 29.3 Å². The van der Waals surface area contributed by atoms with Crippen LogP contribution in [-0.4, -0.2) is 33.2 Å². The van der Waals surface area contributed by atoms with E-state index in [2.05, 4.69) is 22.4 Å². The molecule has 5 nitrogen and oxygen atoms in total. The van der Waals surface area contributed by atoms with Crippen molar-refractivity contribution in [2.75, 3.05) is 11.9 Å². The Morgan fingerprint density at radius 1 is 1.38 bits per heavy atom. The van der Waals surface area contributed by atoms with Crippen LogP contribution in [0, 0.1) is 0 Å². The van der Waals surface area contributed by atoms with Gasteiger partial charge in [-0.3, -0.25) is 0 Å². The van der Waals surface area contributed by atoms with Gasteiger partial charge in [0.05, 0.1) is 6.54 Å². The van der Waals surface area contributed by atoms with Gasteiger partial charge in [-0.25, -0.2) is 9.78 Å². The van der Waals surface area contributed by atoms with Crippen molar-refractivity contribution < 1.29 is 9.90 Å². The Morgan fingerprint density at radius 3 is 2.79 bits per heavy atom. The normalized spacial score (nSPS) is 11.3. The van der Waals surface area contributed by atoms with Crippen molar-refractivity contribution in [2.45, 2.75) is 45.7 Å². The van der Waals surface area contributed by atoms with Crippen molar-refractivity contribution >= 4 is 23.1 Å². The Kier molecular flexibility index (Phi) is 6.20. The van der Waals surface area contributed by atoms with Crippen LogP contribution < -0.4 is 5.32 Å². The third kappa shape index (κ3) is 5.53. The first-order chi connectivity index (χ1) is 11.4. The second kappa shape index (κ2) is 8.15. The molecule has 6 heteroatoms. The van der Waals surface area contributed by atoms with Crippen LogP contribution in [0.1, 0.15) is 37.8 Å². The number of nitrogens with zero attached hydrogens (tertiary/aromatic N) is 2. The van der Waals surface area contributed by atoms with Gasteiger partial charge in [-0.15, -0.1) is 11.3 Å². The quantitative estimate of drug-likeness (QED) is 0.776. The molecule has 0 unspecified atom stereocenters. The van der Waals surface area contributed by atoms with Crippen molar-refractivity contribution in [1.29, 1.82) is 0 Å². The number of thiazole rings is 1. The lowest BCUT2D eigenvalue weighted by atomic mass is 10.0. The third-order valence-electron chi connectivity index (χ3n) is 3.74. The number of hydrogen-bond acceptors (Lipinski definition) is 4. The van der Waals surface area contributed by atoms with E-state index in [1.54, 1.807) is 11.3 Å². The van der Waals surface area contributed by atoms with Gasteiger partial charge < -0.3 is 15.3 Å². The minimum atomic E-state index is -0.860. The molecule has 0 atom stereocenters. The fraction of sp³-hybridized carbons (Fsp3) is 0.444. The number of anilines is 1. The molecule has 24 heavy (non-hydrogen) atoms. The van der Waals surface area contributed by atoms with Crippen molar-refractivity contribution in [3.8, 4) is 0 Å². The number of carboxylic acid groups (broad SMARTS) is 1. The molecule has 0 aliphatic rings. The lowest BCUT2D eigenvalue weighted by molar-refractivity contribution is 0.0996. The smallest absolute Gasteiger partial charge is 0.407 e. The first-order valence-corrected chi connectivity index (χ1v) is 8.96. The first kappa shape index (κ1) is 18.3. The molecule has 2 N–H and O–H groups in total. The molecule has 2 rings (SSSR count). The van der Waals surface area contributed by atoms with Crippen molar-refractivity contribution in [3.63, 3.8) is 0 Å². The van der Waals surface area contributed by atoms with Gasteiger partial charge in [0.25, 0.3) is 0 Å². The average Bonchev–Trinajstić information content (AvgIpc) is 3.02. The van der Waals surface area contributed by atoms with E-state index in [9.17, 15) is 9.90 Å². The van der Waals surface area contributed by atoms with Crippen molar-refractivity contribution in [1.82, 2.24) is 9.88 Å². The Bertz CT molecular complexity index is 651. The standard InChI is InChI=1S/C18H25N3O2S/c1-18(2,3)21(17(22)23)10-5-7-14-6-4-8-15(12-14)20-13-16-19-9-11-24-16/h4,6,8-9,11-12,20H,5,7,10,13H2,1-3H3,(H,22,23). The van der Waals surface area contributed by atoms with Gasteiger partial charge in [0.1, 0.15) is 5.01 Å². The van der Waals surface area contributed by atoms with Crippen LogP contribution in [0.25, 0.3) is 0 Å². The molecule has 0 aliphatic heterocycles. The van der Waals surface area contributed by atoms with Crippen molar-refractivity contribution in [2.24, 2.45) is 0 Å². The lowest BCUT2D eigenvalue weighted by Crippen LogP contribution is -2.45. The highest BCUT2D eigenvalue weighted by atomic mass is 32.1. The Hall–Kier alpha value is -2.08. The van der Waals surface area contributed by atoms with Gasteiger partial charge in [0.15, 0.2) is 0 Å². The van der Waals surface area contributed by atoms with E-state index >= 15 is 0 Å². The maximum absolute atomic E-state index is 11.4. The zero-order chi connectivity index (χ0) is 17.6. The molecule has 0 bridgehead atoms. The summed E-state index contributed by atoms with van der Waals surface area (Å²) in [5.41, 5.74) is 1.90. The number of rotatable bonds is 7. The van der Waals surface area contributed by atoms with Crippen molar-refractivity contribution in [3.05, 3.63) is 46.4 Å². The molecule has 0 fully saturated rings. The summed E-state index contributed by atoms with van der Waals surface area (Å²) in [5.74, 6) is 0. The molecule has 0 aliphatic carbocycles. The summed E-state index contributed by atoms with van der Waals surface area (Å²) in [6.45, 7) is 7.02. The molecule has 0 saturated carbocycles.